The summed E-state index contributed by atoms with van der Waals surface area (Å²) in [5.41, 5.74) is 1.89. The molecule has 92 valence electrons. The number of halogens is 2. The topological polar surface area (TPSA) is 42.0 Å². The van der Waals surface area contributed by atoms with Crippen molar-refractivity contribution in [1.29, 1.82) is 0 Å². The fourth-order valence-corrected chi connectivity index (χ4v) is 1.95. The van der Waals surface area contributed by atoms with Gasteiger partial charge in [0.15, 0.2) is 0 Å². The van der Waals surface area contributed by atoms with E-state index in [4.69, 9.17) is 23.2 Å². The lowest BCUT2D eigenvalue weighted by molar-refractivity contribution is 0.102. The van der Waals surface area contributed by atoms with Crippen LogP contribution in [-0.4, -0.2) is 10.9 Å². The van der Waals surface area contributed by atoms with Gasteiger partial charge in [-0.2, -0.15) is 0 Å². The predicted molar refractivity (Wildman–Crippen MR) is 73.4 cm³/mol. The number of nitrogens with zero attached hydrogens (tertiary/aromatic N) is 1. The summed E-state index contributed by atoms with van der Waals surface area (Å²) in [6.45, 7) is 1.93. The molecule has 1 aromatic carbocycles. The second kappa shape index (κ2) is 5.38. The summed E-state index contributed by atoms with van der Waals surface area (Å²) in [6.07, 6.45) is 1.53. The first-order chi connectivity index (χ1) is 8.58. The van der Waals surface area contributed by atoms with Crippen LogP contribution in [0.3, 0.4) is 0 Å². The number of carbonyl (C=O) groups is 1. The summed E-state index contributed by atoms with van der Waals surface area (Å²) >= 11 is 11.9. The van der Waals surface area contributed by atoms with Crippen LogP contribution in [0.1, 0.15) is 15.9 Å². The van der Waals surface area contributed by atoms with Crippen molar-refractivity contribution in [3.05, 3.63) is 57.8 Å². The number of amides is 1. The number of benzene rings is 1. The van der Waals surface area contributed by atoms with Crippen molar-refractivity contribution in [3.8, 4) is 0 Å². The number of pyridine rings is 1. The monoisotopic (exact) mass is 280 g/mol. The Kier molecular flexibility index (Phi) is 3.84. The van der Waals surface area contributed by atoms with Crippen molar-refractivity contribution in [2.75, 3.05) is 5.32 Å². The highest BCUT2D eigenvalue weighted by atomic mass is 35.5. The molecule has 0 spiro atoms. The van der Waals surface area contributed by atoms with E-state index in [1.54, 1.807) is 24.3 Å². The van der Waals surface area contributed by atoms with Gasteiger partial charge in [0.05, 0.1) is 16.3 Å². The molecule has 0 aliphatic rings. The quantitative estimate of drug-likeness (QED) is 0.847. The molecule has 1 N–H and O–H groups in total. The maximum Gasteiger partial charge on any atom is 0.258 e. The Balaban J connectivity index is 2.24. The minimum atomic E-state index is -0.334. The Bertz CT molecular complexity index is 599. The highest BCUT2D eigenvalue weighted by Crippen LogP contribution is 2.24. The molecule has 0 radical (unpaired) electrons. The van der Waals surface area contributed by atoms with Crippen molar-refractivity contribution in [2.24, 2.45) is 0 Å². The van der Waals surface area contributed by atoms with Crippen molar-refractivity contribution in [3.63, 3.8) is 0 Å². The maximum absolute atomic E-state index is 12.0. The molecule has 0 saturated carbocycles. The minimum Gasteiger partial charge on any atom is -0.321 e. The van der Waals surface area contributed by atoms with E-state index in [2.05, 4.69) is 10.3 Å². The van der Waals surface area contributed by atoms with Gasteiger partial charge in [0.25, 0.3) is 5.91 Å². The third kappa shape index (κ3) is 2.81. The van der Waals surface area contributed by atoms with Crippen molar-refractivity contribution < 1.29 is 4.79 Å². The summed E-state index contributed by atoms with van der Waals surface area (Å²) in [4.78, 5) is 15.8. The highest BCUT2D eigenvalue weighted by Gasteiger charge is 2.12. The average Bonchev–Trinajstić information content (AvgIpc) is 2.33. The average molecular weight is 281 g/mol. The number of aromatic nitrogens is 1. The fourth-order valence-electron chi connectivity index (χ4n) is 1.47. The summed E-state index contributed by atoms with van der Waals surface area (Å²) in [5.74, 6) is -0.334. The molecule has 0 atom stereocenters. The van der Waals surface area contributed by atoms with Crippen LogP contribution in [0.25, 0.3) is 0 Å². The van der Waals surface area contributed by atoms with Gasteiger partial charge < -0.3 is 5.32 Å². The highest BCUT2D eigenvalue weighted by molar-refractivity contribution is 6.35. The second-order valence-electron chi connectivity index (χ2n) is 3.78. The number of hydrogen-bond donors (Lipinski definition) is 1. The van der Waals surface area contributed by atoms with Crippen LogP contribution in [-0.2, 0) is 0 Å². The molecule has 2 aromatic rings. The van der Waals surface area contributed by atoms with Crippen molar-refractivity contribution in [2.45, 2.75) is 6.92 Å². The number of hydrogen-bond acceptors (Lipinski definition) is 2. The zero-order valence-corrected chi connectivity index (χ0v) is 11.1. The van der Waals surface area contributed by atoms with Crippen LogP contribution < -0.4 is 5.32 Å². The first kappa shape index (κ1) is 12.9. The van der Waals surface area contributed by atoms with Gasteiger partial charge in [-0.15, -0.1) is 0 Å². The van der Waals surface area contributed by atoms with Gasteiger partial charge in [0.1, 0.15) is 5.15 Å². The molecule has 18 heavy (non-hydrogen) atoms. The molecule has 1 heterocycles. The molecule has 5 heteroatoms. The van der Waals surface area contributed by atoms with E-state index in [-0.39, 0.29) is 11.1 Å². The van der Waals surface area contributed by atoms with Crippen LogP contribution in [0, 0.1) is 6.92 Å². The van der Waals surface area contributed by atoms with Crippen molar-refractivity contribution >= 4 is 34.8 Å². The Morgan fingerprint density at radius 2 is 2.06 bits per heavy atom. The van der Waals surface area contributed by atoms with E-state index in [9.17, 15) is 4.79 Å². The number of anilines is 1. The number of carbonyl (C=O) groups excluding carboxylic acids is 1. The first-order valence-electron chi connectivity index (χ1n) is 5.26. The number of aryl methyl sites for hydroxylation is 1. The molecule has 2 rings (SSSR count). The number of rotatable bonds is 2. The van der Waals surface area contributed by atoms with Crippen LogP contribution in [0.15, 0.2) is 36.5 Å². The third-order valence-electron chi connectivity index (χ3n) is 2.38. The SMILES string of the molecule is Cc1ccc(NC(=O)c2cccnc2Cl)c(Cl)c1. The smallest absolute Gasteiger partial charge is 0.258 e. The molecule has 0 aliphatic carbocycles. The Labute approximate surface area is 115 Å². The van der Waals surface area contributed by atoms with Gasteiger partial charge >= 0.3 is 0 Å². The molecule has 3 nitrogen and oxygen atoms in total. The standard InChI is InChI=1S/C13H10Cl2N2O/c1-8-4-5-11(10(14)7-8)17-13(18)9-3-2-6-16-12(9)15/h2-7H,1H3,(H,17,18). The summed E-state index contributed by atoms with van der Waals surface area (Å²) in [6, 6.07) is 8.65. The van der Waals surface area contributed by atoms with Gasteiger partial charge in [-0.1, -0.05) is 29.3 Å². The van der Waals surface area contributed by atoms with Crippen LogP contribution in [0.4, 0.5) is 5.69 Å². The molecule has 0 bridgehead atoms. The normalized spacial score (nSPS) is 10.2. The fraction of sp³-hybridized carbons (Fsp3) is 0.0769. The van der Waals surface area contributed by atoms with Gasteiger partial charge in [0, 0.05) is 6.20 Å². The van der Waals surface area contributed by atoms with E-state index >= 15 is 0 Å². The van der Waals surface area contributed by atoms with Crippen LogP contribution >= 0.6 is 23.2 Å². The van der Waals surface area contributed by atoms with Crippen LogP contribution in [0.2, 0.25) is 10.2 Å². The van der Waals surface area contributed by atoms with Gasteiger partial charge in [-0.05, 0) is 36.8 Å². The molecular formula is C13H10Cl2N2O. The number of nitrogens with one attached hydrogen (secondary N) is 1. The van der Waals surface area contributed by atoms with Gasteiger partial charge in [-0.3, -0.25) is 4.79 Å². The molecule has 0 aliphatic heterocycles. The first-order valence-corrected chi connectivity index (χ1v) is 6.01. The molecule has 1 aromatic heterocycles. The summed E-state index contributed by atoms with van der Waals surface area (Å²) < 4.78 is 0. The lowest BCUT2D eigenvalue weighted by atomic mass is 10.2. The zero-order valence-electron chi connectivity index (χ0n) is 9.58. The lowest BCUT2D eigenvalue weighted by Crippen LogP contribution is -2.13. The van der Waals surface area contributed by atoms with E-state index in [1.165, 1.54) is 6.20 Å². The van der Waals surface area contributed by atoms with E-state index in [0.717, 1.165) is 5.56 Å². The molecule has 0 unspecified atom stereocenters. The Morgan fingerprint density at radius 1 is 1.28 bits per heavy atom. The Hall–Kier alpha value is -1.58. The molecule has 0 fully saturated rings. The molecule has 1 amide bonds. The minimum absolute atomic E-state index is 0.165. The summed E-state index contributed by atoms with van der Waals surface area (Å²) in [5, 5.41) is 3.35. The third-order valence-corrected chi connectivity index (χ3v) is 2.99. The summed E-state index contributed by atoms with van der Waals surface area (Å²) in [7, 11) is 0. The molecular weight excluding hydrogens is 271 g/mol. The lowest BCUT2D eigenvalue weighted by Gasteiger charge is -2.08. The molecule has 0 saturated heterocycles. The van der Waals surface area contributed by atoms with Gasteiger partial charge in [-0.25, -0.2) is 4.98 Å². The maximum atomic E-state index is 12.0. The van der Waals surface area contributed by atoms with E-state index in [1.807, 2.05) is 13.0 Å². The van der Waals surface area contributed by atoms with E-state index in [0.29, 0.717) is 16.3 Å². The Morgan fingerprint density at radius 3 is 2.72 bits per heavy atom. The zero-order chi connectivity index (χ0) is 13.1. The predicted octanol–water partition coefficient (Wildman–Crippen LogP) is 3.95. The van der Waals surface area contributed by atoms with Crippen LogP contribution in [0.5, 0.6) is 0 Å². The van der Waals surface area contributed by atoms with Crippen molar-refractivity contribution in [1.82, 2.24) is 4.98 Å². The van der Waals surface area contributed by atoms with Gasteiger partial charge in [0.2, 0.25) is 0 Å². The van der Waals surface area contributed by atoms with E-state index < -0.39 is 0 Å². The second-order valence-corrected chi connectivity index (χ2v) is 4.54. The largest absolute Gasteiger partial charge is 0.321 e.